The third-order valence-corrected chi connectivity index (χ3v) is 2.95. The van der Waals surface area contributed by atoms with Crippen LogP contribution in [0.25, 0.3) is 0 Å². The zero-order chi connectivity index (χ0) is 13.0. The summed E-state index contributed by atoms with van der Waals surface area (Å²) in [4.78, 5) is 12.0. The van der Waals surface area contributed by atoms with Crippen LogP contribution in [0.2, 0.25) is 0 Å². The van der Waals surface area contributed by atoms with Crippen LogP contribution in [0.15, 0.2) is 51.6 Å². The first-order valence-electron chi connectivity index (χ1n) is 5.41. The predicted molar refractivity (Wildman–Crippen MR) is 70.1 cm³/mol. The molecule has 1 unspecified atom stereocenters. The van der Waals surface area contributed by atoms with Crippen molar-refractivity contribution in [1.29, 1.82) is 0 Å². The number of rotatable bonds is 4. The van der Waals surface area contributed by atoms with Crippen molar-refractivity contribution in [1.82, 2.24) is 5.32 Å². The summed E-state index contributed by atoms with van der Waals surface area (Å²) >= 11 is 3.30. The number of carbonyl (C=O) groups excluding carboxylic acids is 1. The number of hydrogen-bond donors (Lipinski definition) is 2. The van der Waals surface area contributed by atoms with Gasteiger partial charge in [-0.2, -0.15) is 0 Å². The van der Waals surface area contributed by atoms with Crippen LogP contribution in [0.3, 0.4) is 0 Å². The maximum atomic E-state index is 12.0. The molecule has 0 fully saturated rings. The van der Waals surface area contributed by atoms with Crippen LogP contribution >= 0.6 is 15.9 Å². The van der Waals surface area contributed by atoms with Gasteiger partial charge in [-0.25, -0.2) is 0 Å². The minimum Gasteiger partial charge on any atom is -0.467 e. The molecule has 0 saturated carbocycles. The zero-order valence-corrected chi connectivity index (χ0v) is 11.1. The molecule has 1 heterocycles. The SMILES string of the molecule is O=C(NC(CO)c1ccco1)c1cccc(Br)c1. The van der Waals surface area contributed by atoms with Crippen LogP contribution in [-0.2, 0) is 0 Å². The number of hydrogen-bond acceptors (Lipinski definition) is 3. The normalized spacial score (nSPS) is 12.1. The Morgan fingerprint density at radius 3 is 2.83 bits per heavy atom. The lowest BCUT2D eigenvalue weighted by atomic mass is 10.2. The maximum absolute atomic E-state index is 12.0. The molecule has 1 atom stereocenters. The summed E-state index contributed by atoms with van der Waals surface area (Å²) in [7, 11) is 0. The van der Waals surface area contributed by atoms with Gasteiger partial charge in [0.2, 0.25) is 0 Å². The predicted octanol–water partition coefficient (Wildman–Crippen LogP) is 2.51. The van der Waals surface area contributed by atoms with E-state index in [-0.39, 0.29) is 12.5 Å². The van der Waals surface area contributed by atoms with Crippen LogP contribution in [0, 0.1) is 0 Å². The number of amides is 1. The average Bonchev–Trinajstić information content (AvgIpc) is 2.89. The van der Waals surface area contributed by atoms with E-state index < -0.39 is 6.04 Å². The summed E-state index contributed by atoms with van der Waals surface area (Å²) in [5.74, 6) is 0.271. The molecule has 4 nitrogen and oxygen atoms in total. The monoisotopic (exact) mass is 309 g/mol. The Labute approximate surface area is 113 Å². The van der Waals surface area contributed by atoms with Crippen LogP contribution < -0.4 is 5.32 Å². The standard InChI is InChI=1S/C13H12BrNO3/c14-10-4-1-3-9(7-10)13(17)15-11(8-16)12-5-2-6-18-12/h1-7,11,16H,8H2,(H,15,17). The molecule has 1 amide bonds. The lowest BCUT2D eigenvalue weighted by Crippen LogP contribution is -2.30. The molecule has 0 bridgehead atoms. The number of nitrogens with one attached hydrogen (secondary N) is 1. The first-order chi connectivity index (χ1) is 8.70. The molecule has 0 aliphatic rings. The van der Waals surface area contributed by atoms with E-state index in [1.54, 1.807) is 30.3 Å². The van der Waals surface area contributed by atoms with Crippen LogP contribution in [-0.4, -0.2) is 17.6 Å². The molecule has 0 aliphatic carbocycles. The number of carbonyl (C=O) groups is 1. The van der Waals surface area contributed by atoms with Gasteiger partial charge in [0, 0.05) is 10.0 Å². The molecule has 1 aromatic heterocycles. The van der Waals surface area contributed by atoms with Gasteiger partial charge in [-0.1, -0.05) is 22.0 Å². The van der Waals surface area contributed by atoms with Gasteiger partial charge in [0.15, 0.2) is 0 Å². The lowest BCUT2D eigenvalue weighted by Gasteiger charge is -2.13. The smallest absolute Gasteiger partial charge is 0.251 e. The Balaban J connectivity index is 2.11. The molecule has 5 heteroatoms. The van der Waals surface area contributed by atoms with Gasteiger partial charge in [-0.3, -0.25) is 4.79 Å². The van der Waals surface area contributed by atoms with E-state index in [4.69, 9.17) is 4.42 Å². The number of benzene rings is 1. The molecule has 94 valence electrons. The number of halogens is 1. The Hall–Kier alpha value is -1.59. The summed E-state index contributed by atoms with van der Waals surface area (Å²) in [6.45, 7) is -0.215. The van der Waals surface area contributed by atoms with Crippen molar-refractivity contribution in [3.63, 3.8) is 0 Å². The molecular weight excluding hydrogens is 298 g/mol. The van der Waals surface area contributed by atoms with E-state index in [2.05, 4.69) is 21.2 Å². The number of aliphatic hydroxyl groups excluding tert-OH is 1. The van der Waals surface area contributed by atoms with Crippen LogP contribution in [0.1, 0.15) is 22.2 Å². The fraction of sp³-hybridized carbons (Fsp3) is 0.154. The third kappa shape index (κ3) is 3.00. The van der Waals surface area contributed by atoms with Crippen molar-refractivity contribution in [3.8, 4) is 0 Å². The second-order valence-electron chi connectivity index (χ2n) is 3.73. The molecule has 18 heavy (non-hydrogen) atoms. The Bertz CT molecular complexity index is 525. The molecule has 0 radical (unpaired) electrons. The number of aliphatic hydroxyl groups is 1. The van der Waals surface area contributed by atoms with E-state index in [9.17, 15) is 9.90 Å². The Morgan fingerprint density at radius 2 is 2.22 bits per heavy atom. The van der Waals surface area contributed by atoms with Crippen molar-refractivity contribution < 1.29 is 14.3 Å². The van der Waals surface area contributed by atoms with E-state index >= 15 is 0 Å². The van der Waals surface area contributed by atoms with E-state index in [1.165, 1.54) is 6.26 Å². The van der Waals surface area contributed by atoms with E-state index in [0.717, 1.165) is 4.47 Å². The molecule has 2 rings (SSSR count). The van der Waals surface area contributed by atoms with Gasteiger partial charge >= 0.3 is 0 Å². The van der Waals surface area contributed by atoms with Crippen LogP contribution in [0.4, 0.5) is 0 Å². The Kier molecular flexibility index (Phi) is 4.17. The van der Waals surface area contributed by atoms with Gasteiger partial charge in [-0.15, -0.1) is 0 Å². The van der Waals surface area contributed by atoms with Gasteiger partial charge in [0.25, 0.3) is 5.91 Å². The first kappa shape index (κ1) is 12.9. The highest BCUT2D eigenvalue weighted by Gasteiger charge is 2.17. The van der Waals surface area contributed by atoms with Crippen molar-refractivity contribution in [2.24, 2.45) is 0 Å². The van der Waals surface area contributed by atoms with E-state index in [0.29, 0.717) is 11.3 Å². The molecule has 0 spiro atoms. The van der Waals surface area contributed by atoms with Gasteiger partial charge < -0.3 is 14.8 Å². The Morgan fingerprint density at radius 1 is 1.39 bits per heavy atom. The second kappa shape index (κ2) is 5.84. The molecule has 2 aromatic rings. The van der Waals surface area contributed by atoms with Crippen LogP contribution in [0.5, 0.6) is 0 Å². The summed E-state index contributed by atoms with van der Waals surface area (Å²) in [5, 5.41) is 12.0. The van der Waals surface area contributed by atoms with E-state index in [1.807, 2.05) is 6.07 Å². The fourth-order valence-electron chi connectivity index (χ4n) is 1.57. The molecular formula is C13H12BrNO3. The second-order valence-corrected chi connectivity index (χ2v) is 4.65. The molecule has 0 aliphatic heterocycles. The topological polar surface area (TPSA) is 62.5 Å². The summed E-state index contributed by atoms with van der Waals surface area (Å²) in [6.07, 6.45) is 1.50. The highest BCUT2D eigenvalue weighted by atomic mass is 79.9. The third-order valence-electron chi connectivity index (χ3n) is 2.46. The summed E-state index contributed by atoms with van der Waals surface area (Å²) in [6, 6.07) is 9.92. The molecule has 1 aromatic carbocycles. The lowest BCUT2D eigenvalue weighted by molar-refractivity contribution is 0.0907. The largest absolute Gasteiger partial charge is 0.467 e. The maximum Gasteiger partial charge on any atom is 0.251 e. The molecule has 2 N–H and O–H groups in total. The minimum atomic E-state index is -0.536. The fourth-order valence-corrected chi connectivity index (χ4v) is 1.97. The van der Waals surface area contributed by atoms with Gasteiger partial charge in [-0.05, 0) is 30.3 Å². The van der Waals surface area contributed by atoms with Crippen molar-refractivity contribution >= 4 is 21.8 Å². The quantitative estimate of drug-likeness (QED) is 0.912. The summed E-state index contributed by atoms with van der Waals surface area (Å²) in [5.41, 5.74) is 0.523. The van der Waals surface area contributed by atoms with Crippen molar-refractivity contribution in [2.75, 3.05) is 6.61 Å². The van der Waals surface area contributed by atoms with Gasteiger partial charge in [0.05, 0.1) is 12.9 Å². The average molecular weight is 310 g/mol. The van der Waals surface area contributed by atoms with Crippen molar-refractivity contribution in [2.45, 2.75) is 6.04 Å². The minimum absolute atomic E-state index is 0.215. The van der Waals surface area contributed by atoms with Crippen molar-refractivity contribution in [3.05, 3.63) is 58.5 Å². The highest BCUT2D eigenvalue weighted by Crippen LogP contribution is 2.15. The highest BCUT2D eigenvalue weighted by molar-refractivity contribution is 9.10. The molecule has 0 saturated heterocycles. The zero-order valence-electron chi connectivity index (χ0n) is 9.47. The number of furan rings is 1. The van der Waals surface area contributed by atoms with Gasteiger partial charge in [0.1, 0.15) is 11.8 Å². The first-order valence-corrected chi connectivity index (χ1v) is 6.20. The summed E-state index contributed by atoms with van der Waals surface area (Å²) < 4.78 is 5.99.